The quantitative estimate of drug-likeness (QED) is 0.930. The first-order valence-electron chi connectivity index (χ1n) is 6.70. The molecular formula is C16H20N2O2. The fraction of sp³-hybridized carbons (Fsp3) is 0.375. The number of hydrogen-bond acceptors (Lipinski definition) is 3. The van der Waals surface area contributed by atoms with Crippen molar-refractivity contribution in [3.63, 3.8) is 0 Å². The number of aromatic nitrogens is 1. The molecule has 1 aromatic heterocycles. The van der Waals surface area contributed by atoms with E-state index in [4.69, 9.17) is 4.42 Å². The molecule has 20 heavy (non-hydrogen) atoms. The minimum absolute atomic E-state index is 0.0892. The third-order valence-electron chi connectivity index (χ3n) is 3.09. The van der Waals surface area contributed by atoms with Gasteiger partial charge in [-0.3, -0.25) is 4.79 Å². The summed E-state index contributed by atoms with van der Waals surface area (Å²) < 4.78 is 5.52. The Balaban J connectivity index is 2.07. The van der Waals surface area contributed by atoms with Crippen LogP contribution in [0.1, 0.15) is 55.7 Å². The Hall–Kier alpha value is -2.10. The molecule has 1 atom stereocenters. The van der Waals surface area contributed by atoms with Crippen LogP contribution >= 0.6 is 0 Å². The van der Waals surface area contributed by atoms with Gasteiger partial charge in [-0.15, -0.1) is 0 Å². The fourth-order valence-corrected chi connectivity index (χ4v) is 1.81. The van der Waals surface area contributed by atoms with Gasteiger partial charge in [0, 0.05) is 5.41 Å². The summed E-state index contributed by atoms with van der Waals surface area (Å²) in [6.07, 6.45) is 1.61. The molecule has 0 unspecified atom stereocenters. The average Bonchev–Trinajstić information content (AvgIpc) is 2.89. The van der Waals surface area contributed by atoms with Crippen LogP contribution in [0.3, 0.4) is 0 Å². The summed E-state index contributed by atoms with van der Waals surface area (Å²) in [4.78, 5) is 16.2. The summed E-state index contributed by atoms with van der Waals surface area (Å²) >= 11 is 0. The molecule has 1 aromatic carbocycles. The number of hydrogen-bond donors (Lipinski definition) is 1. The van der Waals surface area contributed by atoms with Crippen LogP contribution < -0.4 is 5.32 Å². The Morgan fingerprint density at radius 2 is 1.90 bits per heavy atom. The molecule has 2 rings (SSSR count). The van der Waals surface area contributed by atoms with E-state index in [0.717, 1.165) is 5.56 Å². The predicted molar refractivity (Wildman–Crippen MR) is 77.5 cm³/mol. The normalized spacial score (nSPS) is 13.0. The van der Waals surface area contributed by atoms with E-state index in [-0.39, 0.29) is 23.3 Å². The highest BCUT2D eigenvalue weighted by Crippen LogP contribution is 2.22. The third-order valence-corrected chi connectivity index (χ3v) is 3.09. The van der Waals surface area contributed by atoms with E-state index in [1.54, 1.807) is 6.20 Å². The van der Waals surface area contributed by atoms with Gasteiger partial charge in [-0.2, -0.15) is 0 Å². The van der Waals surface area contributed by atoms with Crippen LogP contribution in [-0.2, 0) is 5.41 Å². The molecule has 0 spiro atoms. The monoisotopic (exact) mass is 272 g/mol. The highest BCUT2D eigenvalue weighted by molar-refractivity contribution is 5.89. The number of rotatable bonds is 3. The Labute approximate surface area is 119 Å². The third kappa shape index (κ3) is 3.26. The molecule has 0 radical (unpaired) electrons. The summed E-state index contributed by atoms with van der Waals surface area (Å²) in [5.41, 5.74) is 0.889. The molecule has 4 heteroatoms. The molecule has 106 valence electrons. The second-order valence-corrected chi connectivity index (χ2v) is 5.89. The summed E-state index contributed by atoms with van der Waals surface area (Å²) in [7, 11) is 0. The number of nitrogens with zero attached hydrogens (tertiary/aromatic N) is 1. The zero-order valence-electron chi connectivity index (χ0n) is 12.3. The van der Waals surface area contributed by atoms with Crippen LogP contribution in [0.5, 0.6) is 0 Å². The van der Waals surface area contributed by atoms with Crippen LogP contribution in [0.25, 0.3) is 0 Å². The molecule has 0 aliphatic heterocycles. The molecule has 1 N–H and O–H groups in total. The maximum absolute atomic E-state index is 12.1. The van der Waals surface area contributed by atoms with Gasteiger partial charge in [-0.25, -0.2) is 4.98 Å². The van der Waals surface area contributed by atoms with Crippen molar-refractivity contribution in [2.45, 2.75) is 39.2 Å². The molecule has 1 amide bonds. The maximum Gasteiger partial charge on any atom is 0.307 e. The van der Waals surface area contributed by atoms with Gasteiger partial charge in [0.1, 0.15) is 5.76 Å². The molecule has 0 saturated carbocycles. The van der Waals surface area contributed by atoms with Gasteiger partial charge in [-0.1, -0.05) is 51.1 Å². The van der Waals surface area contributed by atoms with Gasteiger partial charge in [0.05, 0.1) is 12.2 Å². The number of benzene rings is 1. The Morgan fingerprint density at radius 3 is 2.45 bits per heavy atom. The minimum atomic E-state index is -0.295. The average molecular weight is 272 g/mol. The van der Waals surface area contributed by atoms with E-state index in [0.29, 0.717) is 5.76 Å². The molecule has 0 saturated heterocycles. The molecule has 0 bridgehead atoms. The largest absolute Gasteiger partial charge is 0.437 e. The molecule has 1 heterocycles. The predicted octanol–water partition coefficient (Wildman–Crippen LogP) is 3.46. The van der Waals surface area contributed by atoms with E-state index in [2.05, 4.69) is 10.3 Å². The molecular weight excluding hydrogens is 252 g/mol. The summed E-state index contributed by atoms with van der Waals surface area (Å²) in [5.74, 6) is 0.518. The molecule has 0 fully saturated rings. The highest BCUT2D eigenvalue weighted by atomic mass is 16.4. The lowest BCUT2D eigenvalue weighted by Crippen LogP contribution is -2.26. The first-order valence-corrected chi connectivity index (χ1v) is 6.70. The lowest BCUT2D eigenvalue weighted by molar-refractivity contribution is 0.0901. The standard InChI is InChI=1S/C16H20N2O2/c1-11(12-8-6-5-7-9-12)18-14(19)15-17-10-13(20-15)16(2,3)4/h5-11H,1-4H3,(H,18,19)/t11-/m0/s1. The number of carbonyl (C=O) groups is 1. The van der Waals surface area contributed by atoms with E-state index >= 15 is 0 Å². The maximum atomic E-state index is 12.1. The van der Waals surface area contributed by atoms with Gasteiger partial charge < -0.3 is 9.73 Å². The molecule has 0 aliphatic rings. The Kier molecular flexibility index (Phi) is 3.93. The lowest BCUT2D eigenvalue weighted by Gasteiger charge is -2.14. The van der Waals surface area contributed by atoms with Crippen LogP contribution in [-0.4, -0.2) is 10.9 Å². The van der Waals surface area contributed by atoms with Crippen molar-refractivity contribution < 1.29 is 9.21 Å². The van der Waals surface area contributed by atoms with Gasteiger partial charge in [0.25, 0.3) is 5.89 Å². The number of carbonyl (C=O) groups excluding carboxylic acids is 1. The van der Waals surface area contributed by atoms with E-state index in [1.165, 1.54) is 0 Å². The zero-order valence-corrected chi connectivity index (χ0v) is 12.3. The second-order valence-electron chi connectivity index (χ2n) is 5.89. The Bertz CT molecular complexity index is 582. The van der Waals surface area contributed by atoms with Crippen molar-refractivity contribution in [1.29, 1.82) is 0 Å². The van der Waals surface area contributed by atoms with Crippen molar-refractivity contribution in [1.82, 2.24) is 10.3 Å². The first kappa shape index (κ1) is 14.3. The summed E-state index contributed by atoms with van der Waals surface area (Å²) in [6.45, 7) is 7.98. The van der Waals surface area contributed by atoms with Crippen molar-refractivity contribution in [2.24, 2.45) is 0 Å². The number of amides is 1. The smallest absolute Gasteiger partial charge is 0.307 e. The van der Waals surface area contributed by atoms with Crippen molar-refractivity contribution in [3.8, 4) is 0 Å². The molecule has 4 nitrogen and oxygen atoms in total. The second kappa shape index (κ2) is 5.49. The van der Waals surface area contributed by atoms with Crippen LogP contribution in [0.4, 0.5) is 0 Å². The zero-order chi connectivity index (χ0) is 14.8. The first-order chi connectivity index (χ1) is 9.38. The van der Waals surface area contributed by atoms with Crippen LogP contribution in [0.2, 0.25) is 0 Å². The van der Waals surface area contributed by atoms with Gasteiger partial charge in [-0.05, 0) is 12.5 Å². The van der Waals surface area contributed by atoms with E-state index < -0.39 is 0 Å². The minimum Gasteiger partial charge on any atom is -0.437 e. The van der Waals surface area contributed by atoms with Crippen molar-refractivity contribution in [2.75, 3.05) is 0 Å². The van der Waals surface area contributed by atoms with Crippen molar-refractivity contribution >= 4 is 5.91 Å². The van der Waals surface area contributed by atoms with Gasteiger partial charge in [0.2, 0.25) is 0 Å². The van der Waals surface area contributed by atoms with Crippen LogP contribution in [0.15, 0.2) is 40.9 Å². The summed E-state index contributed by atoms with van der Waals surface area (Å²) in [6, 6.07) is 9.69. The molecule has 2 aromatic rings. The Morgan fingerprint density at radius 1 is 1.25 bits per heavy atom. The van der Waals surface area contributed by atoms with E-state index in [9.17, 15) is 4.79 Å². The summed E-state index contributed by atoms with van der Waals surface area (Å²) in [5, 5.41) is 2.88. The molecule has 0 aliphatic carbocycles. The lowest BCUT2D eigenvalue weighted by atomic mass is 9.94. The number of oxazole rings is 1. The highest BCUT2D eigenvalue weighted by Gasteiger charge is 2.22. The van der Waals surface area contributed by atoms with Crippen molar-refractivity contribution in [3.05, 3.63) is 53.7 Å². The van der Waals surface area contributed by atoms with Crippen LogP contribution in [0, 0.1) is 0 Å². The van der Waals surface area contributed by atoms with Gasteiger partial charge >= 0.3 is 5.91 Å². The SMILES string of the molecule is C[C@H](NC(=O)c1ncc(C(C)(C)C)o1)c1ccccc1. The topological polar surface area (TPSA) is 55.1 Å². The van der Waals surface area contributed by atoms with E-state index in [1.807, 2.05) is 58.0 Å². The van der Waals surface area contributed by atoms with Gasteiger partial charge in [0.15, 0.2) is 0 Å². The fourth-order valence-electron chi connectivity index (χ4n) is 1.81. The number of nitrogens with one attached hydrogen (secondary N) is 1.